The minimum Gasteiger partial charge on any atom is -0.345 e. The summed E-state index contributed by atoms with van der Waals surface area (Å²) in [6, 6.07) is 0. The Balaban J connectivity index is 2.00. The molecule has 1 fully saturated rings. The topological polar surface area (TPSA) is 33.1 Å². The van der Waals surface area contributed by atoms with E-state index >= 15 is 0 Å². The molecule has 0 bridgehead atoms. The lowest BCUT2D eigenvalue weighted by atomic mass is 9.98. The van der Waals surface area contributed by atoms with Crippen molar-refractivity contribution < 1.29 is 0 Å². The van der Waals surface area contributed by atoms with Crippen molar-refractivity contribution in [2.45, 2.75) is 33.2 Å². The van der Waals surface area contributed by atoms with Gasteiger partial charge in [-0.15, -0.1) is 0 Å². The second kappa shape index (κ2) is 5.54. The fraction of sp³-hybridized carbons (Fsp3) is 0.769. The van der Waals surface area contributed by atoms with E-state index in [9.17, 15) is 0 Å². The first-order chi connectivity index (χ1) is 8.20. The molecule has 1 N–H and O–H groups in total. The Hall–Kier alpha value is -1.03. The maximum Gasteiger partial charge on any atom is 0.205 e. The van der Waals surface area contributed by atoms with Gasteiger partial charge in [-0.05, 0) is 45.7 Å². The number of rotatable bonds is 4. The lowest BCUT2D eigenvalue weighted by molar-refractivity contribution is 0.376. The molecular formula is C13H24N4. The number of imidazole rings is 1. The molecule has 1 aromatic heterocycles. The van der Waals surface area contributed by atoms with Crippen molar-refractivity contribution in [2.75, 3.05) is 31.6 Å². The number of aromatic nitrogens is 2. The van der Waals surface area contributed by atoms with Gasteiger partial charge in [0.15, 0.2) is 0 Å². The Kier molecular flexibility index (Phi) is 4.05. The highest BCUT2D eigenvalue weighted by atomic mass is 15.3. The highest BCUT2D eigenvalue weighted by Gasteiger charge is 2.17. The lowest BCUT2D eigenvalue weighted by Gasteiger charge is -2.28. The van der Waals surface area contributed by atoms with Crippen molar-refractivity contribution in [3.8, 4) is 0 Å². The van der Waals surface area contributed by atoms with Crippen LogP contribution in [0.5, 0.6) is 0 Å². The van der Waals surface area contributed by atoms with Gasteiger partial charge in [0.2, 0.25) is 5.95 Å². The molecule has 1 saturated heterocycles. The first-order valence-corrected chi connectivity index (χ1v) is 6.66. The second-order valence-electron chi connectivity index (χ2n) is 5.04. The maximum absolute atomic E-state index is 4.62. The Morgan fingerprint density at radius 3 is 2.82 bits per heavy atom. The van der Waals surface area contributed by atoms with Crippen LogP contribution in [0.4, 0.5) is 5.95 Å². The van der Waals surface area contributed by atoms with Crippen molar-refractivity contribution in [1.82, 2.24) is 14.9 Å². The van der Waals surface area contributed by atoms with Crippen LogP contribution < -0.4 is 10.2 Å². The first kappa shape index (κ1) is 12.4. The average molecular weight is 236 g/mol. The van der Waals surface area contributed by atoms with Crippen molar-refractivity contribution >= 4 is 5.95 Å². The van der Waals surface area contributed by atoms with E-state index in [4.69, 9.17) is 0 Å². The Labute approximate surface area is 104 Å². The molecule has 0 aliphatic carbocycles. The quantitative estimate of drug-likeness (QED) is 0.863. The lowest BCUT2D eigenvalue weighted by Crippen LogP contribution is -2.35. The molecule has 1 aliphatic heterocycles. The van der Waals surface area contributed by atoms with Gasteiger partial charge in [-0.25, -0.2) is 4.98 Å². The maximum atomic E-state index is 4.62. The number of hydrogen-bond donors (Lipinski definition) is 1. The van der Waals surface area contributed by atoms with Gasteiger partial charge in [-0.2, -0.15) is 0 Å². The summed E-state index contributed by atoms with van der Waals surface area (Å²) in [5, 5.41) is 3.42. The fourth-order valence-electron chi connectivity index (χ4n) is 2.60. The third-order valence-corrected chi connectivity index (χ3v) is 3.55. The minimum atomic E-state index is 0.809. The van der Waals surface area contributed by atoms with Gasteiger partial charge >= 0.3 is 0 Å². The van der Waals surface area contributed by atoms with Crippen LogP contribution in [-0.4, -0.2) is 36.2 Å². The van der Waals surface area contributed by atoms with E-state index in [0.29, 0.717) is 0 Å². The van der Waals surface area contributed by atoms with Crippen LogP contribution in [0.25, 0.3) is 0 Å². The van der Waals surface area contributed by atoms with E-state index in [2.05, 4.69) is 46.9 Å². The predicted molar refractivity (Wildman–Crippen MR) is 71.5 cm³/mol. The number of hydrogen-bond acceptors (Lipinski definition) is 3. The van der Waals surface area contributed by atoms with E-state index in [0.717, 1.165) is 30.6 Å². The molecule has 1 aliphatic rings. The van der Waals surface area contributed by atoms with Crippen molar-refractivity contribution in [2.24, 2.45) is 5.92 Å². The fourth-order valence-corrected chi connectivity index (χ4v) is 2.60. The Bertz CT molecular complexity index is 352. The average Bonchev–Trinajstić information content (AvgIpc) is 2.72. The summed E-state index contributed by atoms with van der Waals surface area (Å²) < 4.78 is 2.23. The number of nitrogens with one attached hydrogen (secondary N) is 1. The van der Waals surface area contributed by atoms with Gasteiger partial charge < -0.3 is 14.8 Å². The third kappa shape index (κ3) is 3.00. The van der Waals surface area contributed by atoms with Crippen LogP contribution in [0.3, 0.4) is 0 Å². The number of piperidine rings is 1. The summed E-state index contributed by atoms with van der Waals surface area (Å²) in [6.07, 6.45) is 4.71. The molecule has 17 heavy (non-hydrogen) atoms. The predicted octanol–water partition coefficient (Wildman–Crippen LogP) is 1.65. The van der Waals surface area contributed by atoms with Crippen LogP contribution >= 0.6 is 0 Å². The molecule has 96 valence electrons. The molecule has 0 amide bonds. The molecule has 0 radical (unpaired) electrons. The van der Waals surface area contributed by atoms with Crippen molar-refractivity contribution in [1.29, 1.82) is 0 Å². The van der Waals surface area contributed by atoms with Crippen LogP contribution in [0.1, 0.15) is 25.5 Å². The van der Waals surface area contributed by atoms with Crippen LogP contribution in [-0.2, 0) is 6.54 Å². The first-order valence-electron chi connectivity index (χ1n) is 6.66. The van der Waals surface area contributed by atoms with E-state index < -0.39 is 0 Å². The monoisotopic (exact) mass is 236 g/mol. The summed E-state index contributed by atoms with van der Waals surface area (Å²) in [7, 11) is 2.16. The number of anilines is 1. The van der Waals surface area contributed by atoms with Gasteiger partial charge in [0, 0.05) is 26.3 Å². The summed E-state index contributed by atoms with van der Waals surface area (Å²) >= 11 is 0. The summed E-state index contributed by atoms with van der Waals surface area (Å²) in [6.45, 7) is 8.68. The summed E-state index contributed by atoms with van der Waals surface area (Å²) in [5.74, 6) is 1.92. The van der Waals surface area contributed by atoms with Crippen LogP contribution in [0, 0.1) is 12.8 Å². The molecule has 0 spiro atoms. The normalized spacial score (nSPS) is 17.4. The molecule has 0 aromatic carbocycles. The second-order valence-corrected chi connectivity index (χ2v) is 5.04. The molecule has 1 aromatic rings. The molecule has 2 heterocycles. The smallest absolute Gasteiger partial charge is 0.205 e. The van der Waals surface area contributed by atoms with E-state index in [1.165, 1.54) is 25.9 Å². The summed E-state index contributed by atoms with van der Waals surface area (Å²) in [5.41, 5.74) is 1.11. The Morgan fingerprint density at radius 1 is 1.47 bits per heavy atom. The van der Waals surface area contributed by atoms with Gasteiger partial charge in [-0.3, -0.25) is 0 Å². The zero-order valence-electron chi connectivity index (χ0n) is 11.2. The summed E-state index contributed by atoms with van der Waals surface area (Å²) in [4.78, 5) is 6.93. The molecule has 0 saturated carbocycles. The molecule has 0 atom stereocenters. The molecule has 2 rings (SSSR count). The molecular weight excluding hydrogens is 212 g/mol. The SMILES string of the molecule is CCn1cc(C)nc1N(C)CC1CCNCC1. The van der Waals surface area contributed by atoms with Crippen LogP contribution in [0.15, 0.2) is 6.20 Å². The van der Waals surface area contributed by atoms with E-state index in [1.807, 2.05) is 0 Å². The standard InChI is InChI=1S/C13H24N4/c1-4-17-9-11(2)15-13(17)16(3)10-12-5-7-14-8-6-12/h9,12,14H,4-8,10H2,1-3H3. The highest BCUT2D eigenvalue weighted by Crippen LogP contribution is 2.18. The van der Waals surface area contributed by atoms with Crippen molar-refractivity contribution in [3.63, 3.8) is 0 Å². The zero-order chi connectivity index (χ0) is 12.3. The molecule has 4 nitrogen and oxygen atoms in total. The van der Waals surface area contributed by atoms with Crippen LogP contribution in [0.2, 0.25) is 0 Å². The van der Waals surface area contributed by atoms with Gasteiger partial charge in [0.25, 0.3) is 0 Å². The third-order valence-electron chi connectivity index (χ3n) is 3.55. The largest absolute Gasteiger partial charge is 0.345 e. The molecule has 4 heteroatoms. The Morgan fingerprint density at radius 2 is 2.18 bits per heavy atom. The van der Waals surface area contributed by atoms with Gasteiger partial charge in [0.05, 0.1) is 5.69 Å². The van der Waals surface area contributed by atoms with Gasteiger partial charge in [0.1, 0.15) is 0 Å². The van der Waals surface area contributed by atoms with Gasteiger partial charge in [-0.1, -0.05) is 0 Å². The van der Waals surface area contributed by atoms with E-state index in [1.54, 1.807) is 0 Å². The number of nitrogens with zero attached hydrogens (tertiary/aromatic N) is 3. The van der Waals surface area contributed by atoms with Crippen molar-refractivity contribution in [3.05, 3.63) is 11.9 Å². The van der Waals surface area contributed by atoms with E-state index in [-0.39, 0.29) is 0 Å². The minimum absolute atomic E-state index is 0.809. The molecule has 0 unspecified atom stereocenters. The highest BCUT2D eigenvalue weighted by molar-refractivity contribution is 5.32. The zero-order valence-corrected chi connectivity index (χ0v) is 11.2. The number of aryl methyl sites for hydroxylation is 2.